The molecule has 108 valence electrons. The predicted octanol–water partition coefficient (Wildman–Crippen LogP) is 5.99. The molecule has 1 aliphatic carbocycles. The van der Waals surface area contributed by atoms with Gasteiger partial charge >= 0.3 is 0 Å². The van der Waals surface area contributed by atoms with Crippen molar-refractivity contribution in [3.8, 4) is 0 Å². The standard InChI is InChI=1S/C21H24/c1-17(16-18-8-4-2-5-9-18)19-12-14-21(15-13-19)20-10-6-3-7-11-20/h2,4-5,8-9,12-15,20H,1,3,6-7,10-11,16H2. The van der Waals surface area contributed by atoms with Crippen molar-refractivity contribution in [1.82, 2.24) is 0 Å². The molecule has 0 aliphatic heterocycles. The zero-order valence-corrected chi connectivity index (χ0v) is 12.7. The van der Waals surface area contributed by atoms with Gasteiger partial charge in [-0.05, 0) is 47.4 Å². The van der Waals surface area contributed by atoms with E-state index in [1.165, 1.54) is 54.4 Å². The van der Waals surface area contributed by atoms with Gasteiger partial charge in [0.15, 0.2) is 0 Å². The van der Waals surface area contributed by atoms with E-state index in [1.807, 2.05) is 0 Å². The van der Waals surface area contributed by atoms with E-state index in [4.69, 9.17) is 0 Å². The molecule has 1 saturated carbocycles. The third-order valence-corrected chi connectivity index (χ3v) is 4.66. The molecule has 0 heterocycles. The molecule has 0 heteroatoms. The van der Waals surface area contributed by atoms with Crippen LogP contribution < -0.4 is 0 Å². The maximum Gasteiger partial charge on any atom is -0.00257 e. The van der Waals surface area contributed by atoms with E-state index in [1.54, 1.807) is 0 Å². The molecule has 0 nitrogen and oxygen atoms in total. The lowest BCUT2D eigenvalue weighted by atomic mass is 9.83. The van der Waals surface area contributed by atoms with Crippen molar-refractivity contribution in [1.29, 1.82) is 0 Å². The average Bonchev–Trinajstić information content (AvgIpc) is 2.57. The second kappa shape index (κ2) is 6.76. The zero-order chi connectivity index (χ0) is 14.5. The van der Waals surface area contributed by atoms with E-state index in [2.05, 4.69) is 61.2 Å². The van der Waals surface area contributed by atoms with Crippen molar-refractivity contribution in [3.63, 3.8) is 0 Å². The Hall–Kier alpha value is -1.82. The molecule has 1 aliphatic rings. The Kier molecular flexibility index (Phi) is 4.55. The molecule has 0 aromatic heterocycles. The predicted molar refractivity (Wildman–Crippen MR) is 91.4 cm³/mol. The summed E-state index contributed by atoms with van der Waals surface area (Å²) >= 11 is 0. The molecule has 21 heavy (non-hydrogen) atoms. The summed E-state index contributed by atoms with van der Waals surface area (Å²) in [5, 5.41) is 0. The van der Waals surface area contributed by atoms with Crippen LogP contribution in [-0.4, -0.2) is 0 Å². The molecular formula is C21H24. The van der Waals surface area contributed by atoms with Crippen LogP contribution in [0.25, 0.3) is 5.57 Å². The van der Waals surface area contributed by atoms with Gasteiger partial charge < -0.3 is 0 Å². The number of hydrogen-bond donors (Lipinski definition) is 0. The van der Waals surface area contributed by atoms with E-state index in [0.717, 1.165) is 12.3 Å². The molecule has 0 N–H and O–H groups in total. The van der Waals surface area contributed by atoms with Gasteiger partial charge in [-0.15, -0.1) is 0 Å². The van der Waals surface area contributed by atoms with Gasteiger partial charge in [0, 0.05) is 0 Å². The van der Waals surface area contributed by atoms with Gasteiger partial charge in [-0.1, -0.05) is 80.4 Å². The fraction of sp³-hybridized carbons (Fsp3) is 0.333. The van der Waals surface area contributed by atoms with Crippen LogP contribution in [0.4, 0.5) is 0 Å². The van der Waals surface area contributed by atoms with Gasteiger partial charge in [-0.3, -0.25) is 0 Å². The second-order valence-corrected chi connectivity index (χ2v) is 6.22. The molecule has 0 unspecified atom stereocenters. The van der Waals surface area contributed by atoms with Crippen LogP contribution >= 0.6 is 0 Å². The normalized spacial score (nSPS) is 15.8. The number of hydrogen-bond acceptors (Lipinski definition) is 0. The fourth-order valence-electron chi connectivity index (χ4n) is 3.37. The topological polar surface area (TPSA) is 0 Å². The van der Waals surface area contributed by atoms with Crippen LogP contribution in [0.5, 0.6) is 0 Å². The fourth-order valence-corrected chi connectivity index (χ4v) is 3.37. The first-order valence-electron chi connectivity index (χ1n) is 8.15. The summed E-state index contributed by atoms with van der Waals surface area (Å²) in [6.07, 6.45) is 7.88. The Bertz CT molecular complexity index is 571. The van der Waals surface area contributed by atoms with Gasteiger partial charge in [0.25, 0.3) is 0 Å². The van der Waals surface area contributed by atoms with Gasteiger partial charge in [0.05, 0.1) is 0 Å². The van der Waals surface area contributed by atoms with Gasteiger partial charge in [0.2, 0.25) is 0 Å². The molecule has 0 bridgehead atoms. The van der Waals surface area contributed by atoms with Crippen molar-refractivity contribution in [2.45, 2.75) is 44.4 Å². The lowest BCUT2D eigenvalue weighted by molar-refractivity contribution is 0.443. The van der Waals surface area contributed by atoms with Crippen LogP contribution in [-0.2, 0) is 6.42 Å². The Morgan fingerprint density at radius 3 is 2.19 bits per heavy atom. The molecule has 0 atom stereocenters. The van der Waals surface area contributed by atoms with Crippen molar-refractivity contribution in [2.24, 2.45) is 0 Å². The molecule has 1 fully saturated rings. The summed E-state index contributed by atoms with van der Waals surface area (Å²) in [7, 11) is 0. The van der Waals surface area contributed by atoms with Crippen molar-refractivity contribution < 1.29 is 0 Å². The Morgan fingerprint density at radius 1 is 0.857 bits per heavy atom. The second-order valence-electron chi connectivity index (χ2n) is 6.22. The van der Waals surface area contributed by atoms with Crippen LogP contribution in [0, 0.1) is 0 Å². The summed E-state index contributed by atoms with van der Waals surface area (Å²) < 4.78 is 0. The minimum atomic E-state index is 0.787. The van der Waals surface area contributed by atoms with Gasteiger partial charge in [0.1, 0.15) is 0 Å². The van der Waals surface area contributed by atoms with E-state index in [9.17, 15) is 0 Å². The molecule has 0 amide bonds. The van der Waals surface area contributed by atoms with Crippen LogP contribution in [0.3, 0.4) is 0 Å². The Labute approximate surface area is 128 Å². The van der Waals surface area contributed by atoms with Crippen LogP contribution in [0.2, 0.25) is 0 Å². The quantitative estimate of drug-likeness (QED) is 0.643. The summed E-state index contributed by atoms with van der Waals surface area (Å²) in [4.78, 5) is 0. The maximum atomic E-state index is 4.26. The first-order chi connectivity index (χ1) is 10.3. The Balaban J connectivity index is 1.67. The van der Waals surface area contributed by atoms with Crippen molar-refractivity contribution >= 4 is 5.57 Å². The van der Waals surface area contributed by atoms with Gasteiger partial charge in [-0.2, -0.15) is 0 Å². The van der Waals surface area contributed by atoms with Crippen molar-refractivity contribution in [3.05, 3.63) is 77.9 Å². The number of benzene rings is 2. The third kappa shape index (κ3) is 3.64. The molecule has 2 aromatic carbocycles. The lowest BCUT2D eigenvalue weighted by Crippen LogP contribution is -2.04. The van der Waals surface area contributed by atoms with Crippen LogP contribution in [0.1, 0.15) is 54.7 Å². The SMILES string of the molecule is C=C(Cc1ccccc1)c1ccc(C2CCCCC2)cc1. The maximum absolute atomic E-state index is 4.26. The minimum absolute atomic E-state index is 0.787. The highest BCUT2D eigenvalue weighted by molar-refractivity contribution is 5.65. The molecule has 0 spiro atoms. The first kappa shape index (κ1) is 14.1. The smallest absolute Gasteiger partial charge is 0.00257 e. The highest BCUT2D eigenvalue weighted by Crippen LogP contribution is 2.33. The van der Waals surface area contributed by atoms with Crippen molar-refractivity contribution in [2.75, 3.05) is 0 Å². The zero-order valence-electron chi connectivity index (χ0n) is 12.7. The average molecular weight is 276 g/mol. The third-order valence-electron chi connectivity index (χ3n) is 4.66. The Morgan fingerprint density at radius 2 is 1.52 bits per heavy atom. The van der Waals surface area contributed by atoms with Gasteiger partial charge in [-0.25, -0.2) is 0 Å². The first-order valence-corrected chi connectivity index (χ1v) is 8.15. The highest BCUT2D eigenvalue weighted by Gasteiger charge is 2.15. The summed E-state index contributed by atoms with van der Waals surface area (Å²) in [6, 6.07) is 19.7. The monoisotopic (exact) mass is 276 g/mol. The number of allylic oxidation sites excluding steroid dienone is 1. The summed E-state index contributed by atoms with van der Waals surface area (Å²) in [5.41, 5.74) is 5.33. The number of rotatable bonds is 4. The molecule has 0 saturated heterocycles. The highest BCUT2D eigenvalue weighted by atomic mass is 14.2. The van der Waals surface area contributed by atoms with E-state index in [-0.39, 0.29) is 0 Å². The molecule has 2 aromatic rings. The lowest BCUT2D eigenvalue weighted by Gasteiger charge is -2.22. The molecule has 0 radical (unpaired) electrons. The van der Waals surface area contributed by atoms with E-state index >= 15 is 0 Å². The molecule has 3 rings (SSSR count). The van der Waals surface area contributed by atoms with Crippen LogP contribution in [0.15, 0.2) is 61.2 Å². The largest absolute Gasteiger partial charge is 0.0949 e. The molecular weight excluding hydrogens is 252 g/mol. The summed E-state index contributed by atoms with van der Waals surface area (Å²) in [5.74, 6) is 0.787. The van der Waals surface area contributed by atoms with E-state index in [0.29, 0.717) is 0 Å². The summed E-state index contributed by atoms with van der Waals surface area (Å²) in [6.45, 7) is 4.26. The minimum Gasteiger partial charge on any atom is -0.0949 e. The van der Waals surface area contributed by atoms with E-state index < -0.39 is 0 Å².